The molecule has 0 heterocycles. The minimum atomic E-state index is -0.532. The van der Waals surface area contributed by atoms with Crippen molar-refractivity contribution in [3.05, 3.63) is 0 Å². The lowest BCUT2D eigenvalue weighted by Crippen LogP contribution is -2.33. The van der Waals surface area contributed by atoms with Crippen molar-refractivity contribution in [2.45, 2.75) is 46.1 Å². The molecule has 0 aromatic carbocycles. The molecule has 0 bridgehead atoms. The fraction of sp³-hybridized carbons (Fsp3) is 0.889. The summed E-state index contributed by atoms with van der Waals surface area (Å²) >= 11 is 0. The first-order valence-electron chi connectivity index (χ1n) is 4.25. The number of hydrogen-bond acceptors (Lipinski definition) is 2. The van der Waals surface area contributed by atoms with Gasteiger partial charge < -0.3 is 9.90 Å². The third-order valence-electron chi connectivity index (χ3n) is 2.35. The van der Waals surface area contributed by atoms with Gasteiger partial charge in [-0.05, 0) is 12.8 Å². The minimum Gasteiger partial charge on any atom is -0.392 e. The summed E-state index contributed by atoms with van der Waals surface area (Å²) in [6, 6.07) is 0. The second-order valence-corrected chi connectivity index (χ2v) is 3.28. The normalized spacial score (nSPS) is 18.9. The van der Waals surface area contributed by atoms with Crippen LogP contribution in [-0.4, -0.2) is 17.5 Å². The lowest BCUT2D eigenvalue weighted by Gasteiger charge is -2.27. The molecular weight excluding hydrogens is 140 g/mol. The summed E-state index contributed by atoms with van der Waals surface area (Å²) in [7, 11) is 0. The molecule has 2 heteroatoms. The molecule has 66 valence electrons. The Morgan fingerprint density at radius 1 is 1.55 bits per heavy atom. The summed E-state index contributed by atoms with van der Waals surface area (Å²) in [5.74, 6) is 0. The van der Waals surface area contributed by atoms with E-state index >= 15 is 0 Å². The molecule has 0 aromatic rings. The van der Waals surface area contributed by atoms with Crippen molar-refractivity contribution < 1.29 is 9.90 Å². The predicted molar refractivity (Wildman–Crippen MR) is 45.4 cm³/mol. The van der Waals surface area contributed by atoms with Crippen LogP contribution in [0.3, 0.4) is 0 Å². The SMILES string of the molecule is CCCC(O)C(C)(C=O)CC. The van der Waals surface area contributed by atoms with Crippen molar-refractivity contribution in [3.63, 3.8) is 0 Å². The molecule has 0 radical (unpaired) electrons. The van der Waals surface area contributed by atoms with Crippen molar-refractivity contribution >= 4 is 6.29 Å². The van der Waals surface area contributed by atoms with Crippen LogP contribution in [-0.2, 0) is 4.79 Å². The number of rotatable bonds is 5. The molecule has 0 aromatic heterocycles. The van der Waals surface area contributed by atoms with E-state index in [1.165, 1.54) is 0 Å². The van der Waals surface area contributed by atoms with Crippen LogP contribution in [0.15, 0.2) is 0 Å². The van der Waals surface area contributed by atoms with E-state index in [4.69, 9.17) is 0 Å². The molecule has 2 nitrogen and oxygen atoms in total. The molecule has 2 atom stereocenters. The first-order chi connectivity index (χ1) is 5.10. The highest BCUT2D eigenvalue weighted by Crippen LogP contribution is 2.25. The molecule has 0 saturated heterocycles. The molecule has 0 spiro atoms. The third-order valence-corrected chi connectivity index (χ3v) is 2.35. The van der Waals surface area contributed by atoms with E-state index < -0.39 is 11.5 Å². The average molecular weight is 158 g/mol. The van der Waals surface area contributed by atoms with E-state index in [0.717, 1.165) is 12.7 Å². The molecule has 0 aliphatic carbocycles. The highest BCUT2D eigenvalue weighted by molar-refractivity contribution is 5.59. The van der Waals surface area contributed by atoms with E-state index in [1.54, 1.807) is 6.92 Å². The molecule has 0 aliphatic heterocycles. The van der Waals surface area contributed by atoms with Crippen LogP contribution in [0.25, 0.3) is 0 Å². The number of aldehydes is 1. The molecule has 0 rings (SSSR count). The third kappa shape index (κ3) is 2.62. The summed E-state index contributed by atoms with van der Waals surface area (Å²) in [6.07, 6.45) is 2.73. The van der Waals surface area contributed by atoms with Crippen LogP contribution in [0.1, 0.15) is 40.0 Å². The number of aliphatic hydroxyl groups excluding tert-OH is 1. The highest BCUT2D eigenvalue weighted by atomic mass is 16.3. The van der Waals surface area contributed by atoms with Crippen LogP contribution < -0.4 is 0 Å². The zero-order chi connectivity index (χ0) is 8.91. The van der Waals surface area contributed by atoms with Gasteiger partial charge in [0.2, 0.25) is 0 Å². The summed E-state index contributed by atoms with van der Waals surface area (Å²) in [4.78, 5) is 10.6. The molecule has 0 fully saturated rings. The average Bonchev–Trinajstić information content (AvgIpc) is 2.03. The fourth-order valence-electron chi connectivity index (χ4n) is 1.00. The zero-order valence-electron chi connectivity index (χ0n) is 7.63. The summed E-state index contributed by atoms with van der Waals surface area (Å²) in [5.41, 5.74) is -0.532. The van der Waals surface area contributed by atoms with Gasteiger partial charge >= 0.3 is 0 Å². The molecule has 2 unspecified atom stereocenters. The number of aliphatic hydroxyl groups is 1. The Kier molecular flexibility index (Phi) is 4.34. The first kappa shape index (κ1) is 10.6. The van der Waals surface area contributed by atoms with E-state index in [2.05, 4.69) is 0 Å². The molecule has 0 saturated carbocycles. The Morgan fingerprint density at radius 2 is 2.09 bits per heavy atom. The molecular formula is C9H18O2. The Balaban J connectivity index is 4.11. The van der Waals surface area contributed by atoms with Crippen LogP contribution >= 0.6 is 0 Å². The Labute approximate surface area is 68.6 Å². The van der Waals surface area contributed by atoms with E-state index in [9.17, 15) is 9.90 Å². The maximum Gasteiger partial charge on any atom is 0.128 e. The van der Waals surface area contributed by atoms with Crippen LogP contribution in [0.5, 0.6) is 0 Å². The second kappa shape index (κ2) is 4.50. The Bertz CT molecular complexity index is 123. The maximum absolute atomic E-state index is 10.6. The lowest BCUT2D eigenvalue weighted by atomic mass is 9.81. The van der Waals surface area contributed by atoms with Gasteiger partial charge in [-0.2, -0.15) is 0 Å². The van der Waals surface area contributed by atoms with Crippen molar-refractivity contribution in [1.82, 2.24) is 0 Å². The van der Waals surface area contributed by atoms with Gasteiger partial charge in [0, 0.05) is 5.41 Å². The monoisotopic (exact) mass is 158 g/mol. The minimum absolute atomic E-state index is 0.477. The van der Waals surface area contributed by atoms with Gasteiger partial charge in [0.15, 0.2) is 0 Å². The van der Waals surface area contributed by atoms with Gasteiger partial charge in [0.25, 0.3) is 0 Å². The summed E-state index contributed by atoms with van der Waals surface area (Å²) < 4.78 is 0. The van der Waals surface area contributed by atoms with Gasteiger partial charge in [-0.1, -0.05) is 27.2 Å². The van der Waals surface area contributed by atoms with E-state index in [0.29, 0.717) is 12.8 Å². The number of carbonyl (C=O) groups excluding carboxylic acids is 1. The largest absolute Gasteiger partial charge is 0.392 e. The smallest absolute Gasteiger partial charge is 0.128 e. The topological polar surface area (TPSA) is 37.3 Å². The van der Waals surface area contributed by atoms with Gasteiger partial charge in [-0.15, -0.1) is 0 Å². The standard InChI is InChI=1S/C9H18O2/c1-4-6-8(11)9(3,5-2)7-10/h7-8,11H,4-6H2,1-3H3. The highest BCUT2D eigenvalue weighted by Gasteiger charge is 2.29. The number of carbonyl (C=O) groups is 1. The van der Waals surface area contributed by atoms with Crippen LogP contribution in [0.2, 0.25) is 0 Å². The molecule has 0 aliphatic rings. The first-order valence-corrected chi connectivity index (χ1v) is 4.25. The predicted octanol–water partition coefficient (Wildman–Crippen LogP) is 1.76. The quantitative estimate of drug-likeness (QED) is 0.619. The molecule has 0 amide bonds. The fourth-order valence-corrected chi connectivity index (χ4v) is 1.00. The van der Waals surface area contributed by atoms with E-state index in [-0.39, 0.29) is 0 Å². The van der Waals surface area contributed by atoms with Gasteiger partial charge in [-0.25, -0.2) is 0 Å². The van der Waals surface area contributed by atoms with Gasteiger partial charge in [-0.3, -0.25) is 0 Å². The zero-order valence-corrected chi connectivity index (χ0v) is 7.63. The van der Waals surface area contributed by atoms with Crippen LogP contribution in [0.4, 0.5) is 0 Å². The summed E-state index contributed by atoms with van der Waals surface area (Å²) in [5, 5.41) is 9.54. The van der Waals surface area contributed by atoms with E-state index in [1.807, 2.05) is 13.8 Å². The lowest BCUT2D eigenvalue weighted by molar-refractivity contribution is -0.121. The van der Waals surface area contributed by atoms with Gasteiger partial charge in [0.05, 0.1) is 6.10 Å². The maximum atomic E-state index is 10.6. The molecule has 1 N–H and O–H groups in total. The van der Waals surface area contributed by atoms with Gasteiger partial charge in [0.1, 0.15) is 6.29 Å². The Hall–Kier alpha value is -0.370. The summed E-state index contributed by atoms with van der Waals surface area (Å²) in [6.45, 7) is 5.73. The molecule has 11 heavy (non-hydrogen) atoms. The van der Waals surface area contributed by atoms with Crippen LogP contribution in [0, 0.1) is 5.41 Å². The van der Waals surface area contributed by atoms with Crippen molar-refractivity contribution in [2.75, 3.05) is 0 Å². The van der Waals surface area contributed by atoms with Crippen molar-refractivity contribution in [3.8, 4) is 0 Å². The second-order valence-electron chi connectivity index (χ2n) is 3.28. The number of hydrogen-bond donors (Lipinski definition) is 1. The van der Waals surface area contributed by atoms with Crippen molar-refractivity contribution in [2.24, 2.45) is 5.41 Å². The Morgan fingerprint density at radius 3 is 2.36 bits per heavy atom. The van der Waals surface area contributed by atoms with Crippen molar-refractivity contribution in [1.29, 1.82) is 0 Å².